The predicted octanol–water partition coefficient (Wildman–Crippen LogP) is 1.40. The summed E-state index contributed by atoms with van der Waals surface area (Å²) in [6.45, 7) is 6.09. The van der Waals surface area contributed by atoms with Crippen molar-refractivity contribution in [1.29, 1.82) is 0 Å². The number of anilines is 1. The fourth-order valence-corrected chi connectivity index (χ4v) is 3.26. The van der Waals surface area contributed by atoms with Crippen LogP contribution in [0.3, 0.4) is 0 Å². The van der Waals surface area contributed by atoms with Gasteiger partial charge in [-0.25, -0.2) is 15.0 Å². The van der Waals surface area contributed by atoms with Crippen LogP contribution < -0.4 is 4.90 Å². The van der Waals surface area contributed by atoms with Crippen molar-refractivity contribution < 1.29 is 0 Å². The maximum absolute atomic E-state index is 4.51. The summed E-state index contributed by atoms with van der Waals surface area (Å²) >= 11 is 0. The largest absolute Gasteiger partial charge is 0.353 e. The van der Waals surface area contributed by atoms with Crippen LogP contribution in [0.25, 0.3) is 11.0 Å². The minimum absolute atomic E-state index is 0.449. The second-order valence-corrected chi connectivity index (χ2v) is 6.16. The number of piperazine rings is 1. The molecule has 0 unspecified atom stereocenters. The van der Waals surface area contributed by atoms with Crippen molar-refractivity contribution in [3.8, 4) is 0 Å². The van der Waals surface area contributed by atoms with Gasteiger partial charge in [-0.2, -0.15) is 0 Å². The average molecular weight is 311 g/mol. The minimum atomic E-state index is 0.449. The van der Waals surface area contributed by atoms with E-state index < -0.39 is 0 Å². The number of aryl methyl sites for hydroxylation is 1. The van der Waals surface area contributed by atoms with Gasteiger partial charge in [0.2, 0.25) is 0 Å². The predicted molar refractivity (Wildman–Crippen MR) is 89.2 cm³/mol. The van der Waals surface area contributed by atoms with Crippen LogP contribution >= 0.6 is 0 Å². The molecule has 0 amide bonds. The van der Waals surface area contributed by atoms with Crippen LogP contribution in [0.15, 0.2) is 31.0 Å². The molecule has 0 radical (unpaired) electrons. The van der Waals surface area contributed by atoms with Gasteiger partial charge in [-0.15, -0.1) is 0 Å². The Hall–Kier alpha value is -2.41. The molecule has 120 valence electrons. The summed E-state index contributed by atoms with van der Waals surface area (Å²) in [5.41, 5.74) is 0.901. The molecule has 1 aliphatic heterocycles. The summed E-state index contributed by atoms with van der Waals surface area (Å²) in [5.74, 6) is 2.14. The first-order valence-electron chi connectivity index (χ1n) is 7.95. The van der Waals surface area contributed by atoms with Crippen molar-refractivity contribution in [2.24, 2.45) is 7.05 Å². The summed E-state index contributed by atoms with van der Waals surface area (Å²) in [6.07, 6.45) is 7.42. The van der Waals surface area contributed by atoms with E-state index in [1.165, 1.54) is 0 Å². The summed E-state index contributed by atoms with van der Waals surface area (Å²) in [4.78, 5) is 21.2. The van der Waals surface area contributed by atoms with E-state index >= 15 is 0 Å². The highest BCUT2D eigenvalue weighted by atomic mass is 15.3. The lowest BCUT2D eigenvalue weighted by Crippen LogP contribution is -2.52. The van der Waals surface area contributed by atoms with Crippen LogP contribution in [0.5, 0.6) is 0 Å². The lowest BCUT2D eigenvalue weighted by atomic mass is 10.1. The van der Waals surface area contributed by atoms with E-state index in [2.05, 4.69) is 47.3 Å². The van der Waals surface area contributed by atoms with Gasteiger partial charge in [0.05, 0.1) is 11.9 Å². The van der Waals surface area contributed by atoms with Gasteiger partial charge in [-0.1, -0.05) is 0 Å². The molecular weight excluding hydrogens is 290 g/mol. The first-order chi connectivity index (χ1) is 11.2. The monoisotopic (exact) mass is 311 g/mol. The molecule has 0 aromatic carbocycles. The number of imidazole rings is 1. The normalized spacial score (nSPS) is 19.6. The lowest BCUT2D eigenvalue weighted by molar-refractivity contribution is 0.175. The second kappa shape index (κ2) is 5.66. The molecule has 1 saturated heterocycles. The Bertz CT molecular complexity index is 805. The number of aromatic nitrogens is 5. The number of nitrogens with one attached hydrogen (secondary N) is 1. The van der Waals surface area contributed by atoms with Crippen molar-refractivity contribution in [3.05, 3.63) is 36.8 Å². The molecule has 7 heteroatoms. The highest BCUT2D eigenvalue weighted by Crippen LogP contribution is 2.24. The summed E-state index contributed by atoms with van der Waals surface area (Å²) in [6, 6.07) is 2.50. The van der Waals surface area contributed by atoms with Gasteiger partial charge < -0.3 is 14.5 Å². The third-order valence-corrected chi connectivity index (χ3v) is 4.66. The summed E-state index contributed by atoms with van der Waals surface area (Å²) < 4.78 is 2.09. The van der Waals surface area contributed by atoms with Crippen molar-refractivity contribution in [1.82, 2.24) is 29.4 Å². The molecule has 0 bridgehead atoms. The van der Waals surface area contributed by atoms with Gasteiger partial charge in [0.1, 0.15) is 23.6 Å². The van der Waals surface area contributed by atoms with Gasteiger partial charge in [0.15, 0.2) is 0 Å². The van der Waals surface area contributed by atoms with Gasteiger partial charge in [-0.3, -0.25) is 4.90 Å². The maximum atomic E-state index is 4.51. The molecule has 23 heavy (non-hydrogen) atoms. The molecule has 0 spiro atoms. The smallest absolute Gasteiger partial charge is 0.142 e. The minimum Gasteiger partial charge on any atom is -0.353 e. The number of aromatic amines is 1. The summed E-state index contributed by atoms with van der Waals surface area (Å²) in [7, 11) is 2.05. The SMILES string of the molecule is C[C@H]1CN(c2ncnc3[nH]ccc23)CCN1Cc1nccn1C. The number of hydrogen-bond donors (Lipinski definition) is 1. The lowest BCUT2D eigenvalue weighted by Gasteiger charge is -2.40. The first-order valence-corrected chi connectivity index (χ1v) is 7.95. The Morgan fingerprint density at radius 2 is 2.17 bits per heavy atom. The van der Waals surface area contributed by atoms with E-state index in [9.17, 15) is 0 Å². The van der Waals surface area contributed by atoms with Crippen molar-refractivity contribution in [2.75, 3.05) is 24.5 Å². The van der Waals surface area contributed by atoms with Gasteiger partial charge in [-0.05, 0) is 13.0 Å². The molecule has 3 aromatic rings. The van der Waals surface area contributed by atoms with Crippen molar-refractivity contribution in [3.63, 3.8) is 0 Å². The fraction of sp³-hybridized carbons (Fsp3) is 0.438. The molecule has 4 heterocycles. The fourth-order valence-electron chi connectivity index (χ4n) is 3.26. The molecule has 1 aliphatic rings. The third-order valence-electron chi connectivity index (χ3n) is 4.66. The highest BCUT2D eigenvalue weighted by Gasteiger charge is 2.26. The van der Waals surface area contributed by atoms with Gasteiger partial charge >= 0.3 is 0 Å². The zero-order valence-electron chi connectivity index (χ0n) is 13.5. The zero-order chi connectivity index (χ0) is 15.8. The Morgan fingerprint density at radius 3 is 2.96 bits per heavy atom. The van der Waals surface area contributed by atoms with Crippen LogP contribution in [0.1, 0.15) is 12.7 Å². The van der Waals surface area contributed by atoms with E-state index in [0.29, 0.717) is 6.04 Å². The molecule has 0 aliphatic carbocycles. The van der Waals surface area contributed by atoms with Crippen LogP contribution in [-0.4, -0.2) is 55.1 Å². The Labute approximate surface area is 135 Å². The summed E-state index contributed by atoms with van der Waals surface area (Å²) in [5, 5.41) is 1.09. The maximum Gasteiger partial charge on any atom is 0.142 e. The number of rotatable bonds is 3. The zero-order valence-corrected chi connectivity index (χ0v) is 13.5. The van der Waals surface area contributed by atoms with Crippen LogP contribution in [-0.2, 0) is 13.6 Å². The van der Waals surface area contributed by atoms with E-state index in [1.807, 2.05) is 25.6 Å². The molecule has 0 saturated carbocycles. The number of H-pyrrole nitrogens is 1. The molecule has 7 nitrogen and oxygen atoms in total. The average Bonchev–Trinajstić information content (AvgIpc) is 3.18. The number of nitrogens with zero attached hydrogens (tertiary/aromatic N) is 6. The highest BCUT2D eigenvalue weighted by molar-refractivity contribution is 5.87. The Morgan fingerprint density at radius 1 is 1.26 bits per heavy atom. The van der Waals surface area contributed by atoms with Gasteiger partial charge in [0, 0.05) is 51.3 Å². The van der Waals surface area contributed by atoms with Crippen molar-refractivity contribution >= 4 is 16.9 Å². The van der Waals surface area contributed by atoms with Gasteiger partial charge in [0.25, 0.3) is 0 Å². The van der Waals surface area contributed by atoms with E-state index in [4.69, 9.17) is 0 Å². The molecule has 3 aromatic heterocycles. The van der Waals surface area contributed by atoms with Crippen molar-refractivity contribution in [2.45, 2.75) is 19.5 Å². The second-order valence-electron chi connectivity index (χ2n) is 6.16. The topological polar surface area (TPSA) is 65.9 Å². The molecule has 1 atom stereocenters. The van der Waals surface area contributed by atoms with Crippen LogP contribution in [0, 0.1) is 0 Å². The number of fused-ring (bicyclic) bond motifs is 1. The Balaban J connectivity index is 1.51. The molecule has 1 fully saturated rings. The molecular formula is C16H21N7. The molecule has 1 N–H and O–H groups in total. The standard InChI is InChI=1S/C16H21N7/c1-12-9-23(16-13-3-4-18-15(13)19-11-20-16)8-7-22(12)10-14-17-5-6-21(14)2/h3-6,11-12H,7-10H2,1-2H3,(H,18,19,20)/t12-/m0/s1. The third kappa shape index (κ3) is 2.57. The van der Waals surface area contributed by atoms with Crippen LogP contribution in [0.4, 0.5) is 5.82 Å². The quantitative estimate of drug-likeness (QED) is 0.792. The molecule has 4 rings (SSSR count). The van der Waals surface area contributed by atoms with E-state index in [1.54, 1.807) is 6.33 Å². The van der Waals surface area contributed by atoms with E-state index in [0.717, 1.165) is 48.9 Å². The first kappa shape index (κ1) is 14.2. The Kier molecular flexibility index (Phi) is 3.49. The number of hydrogen-bond acceptors (Lipinski definition) is 5. The van der Waals surface area contributed by atoms with Crippen LogP contribution in [0.2, 0.25) is 0 Å². The van der Waals surface area contributed by atoms with E-state index in [-0.39, 0.29) is 0 Å².